The number of ether oxygens (including phenoxy) is 1. The van der Waals surface area contributed by atoms with Gasteiger partial charge >= 0.3 is 0 Å². The molecule has 5 heteroatoms. The standard InChI is InChI=1S/C33H29ClN2O2/c1-20-16-22(3)31-28(17-20)30(33(37)35-29-18-26(34)13-10-21(29)2)23(4)32(36-31)25-11-14-27(15-12-25)38-19-24-8-6-5-7-9-24/h5-18H,19H2,1-4H3,(H,35,37). The fourth-order valence-corrected chi connectivity index (χ4v) is 4.92. The van der Waals surface area contributed by atoms with E-state index in [9.17, 15) is 4.79 Å². The molecule has 0 bridgehead atoms. The second kappa shape index (κ2) is 10.7. The number of pyridine rings is 1. The third-order valence-electron chi connectivity index (χ3n) is 6.72. The molecular formula is C33H29ClN2O2. The van der Waals surface area contributed by atoms with E-state index >= 15 is 0 Å². The van der Waals surface area contributed by atoms with E-state index in [1.165, 1.54) is 0 Å². The number of rotatable bonds is 6. The highest BCUT2D eigenvalue weighted by Crippen LogP contribution is 2.33. The molecule has 5 aromatic rings. The number of carbonyl (C=O) groups is 1. The smallest absolute Gasteiger partial charge is 0.256 e. The van der Waals surface area contributed by atoms with Crippen molar-refractivity contribution in [3.8, 4) is 17.0 Å². The molecule has 0 aliphatic heterocycles. The molecule has 190 valence electrons. The van der Waals surface area contributed by atoms with Crippen molar-refractivity contribution < 1.29 is 9.53 Å². The summed E-state index contributed by atoms with van der Waals surface area (Å²) < 4.78 is 5.97. The first-order valence-corrected chi connectivity index (χ1v) is 12.9. The lowest BCUT2D eigenvalue weighted by atomic mass is 9.94. The van der Waals surface area contributed by atoms with E-state index in [1.54, 1.807) is 6.07 Å². The Morgan fingerprint density at radius 2 is 1.61 bits per heavy atom. The van der Waals surface area contributed by atoms with Gasteiger partial charge in [-0.15, -0.1) is 0 Å². The van der Waals surface area contributed by atoms with E-state index in [-0.39, 0.29) is 5.91 Å². The fraction of sp³-hybridized carbons (Fsp3) is 0.152. The van der Waals surface area contributed by atoms with Crippen molar-refractivity contribution in [2.75, 3.05) is 5.32 Å². The molecule has 38 heavy (non-hydrogen) atoms. The van der Waals surface area contributed by atoms with Crippen molar-refractivity contribution in [1.29, 1.82) is 0 Å². The maximum atomic E-state index is 13.8. The van der Waals surface area contributed by atoms with E-state index in [1.807, 2.05) is 100 Å². The normalized spacial score (nSPS) is 11.0. The van der Waals surface area contributed by atoms with E-state index in [4.69, 9.17) is 21.3 Å². The Kier molecular flexibility index (Phi) is 7.17. The SMILES string of the molecule is Cc1cc(C)c2nc(-c3ccc(OCc4ccccc4)cc3)c(C)c(C(=O)Nc3cc(Cl)ccc3C)c2c1. The third-order valence-corrected chi connectivity index (χ3v) is 6.95. The highest BCUT2D eigenvalue weighted by Gasteiger charge is 2.21. The van der Waals surface area contributed by atoms with Crippen LogP contribution in [0.5, 0.6) is 5.75 Å². The van der Waals surface area contributed by atoms with Gasteiger partial charge in [0.05, 0.1) is 16.8 Å². The summed E-state index contributed by atoms with van der Waals surface area (Å²) >= 11 is 6.22. The van der Waals surface area contributed by atoms with Crippen LogP contribution in [0.25, 0.3) is 22.2 Å². The van der Waals surface area contributed by atoms with Crippen LogP contribution in [0.15, 0.2) is 84.9 Å². The zero-order chi connectivity index (χ0) is 26.8. The molecule has 5 rings (SSSR count). The predicted molar refractivity (Wildman–Crippen MR) is 156 cm³/mol. The number of halogens is 1. The molecule has 0 spiro atoms. The molecule has 0 unspecified atom stereocenters. The van der Waals surface area contributed by atoms with Crippen molar-refractivity contribution in [3.05, 3.63) is 123 Å². The van der Waals surface area contributed by atoms with Gasteiger partial charge in [0, 0.05) is 21.7 Å². The molecule has 0 aliphatic carbocycles. The Morgan fingerprint density at radius 3 is 2.34 bits per heavy atom. The van der Waals surface area contributed by atoms with Crippen molar-refractivity contribution in [2.24, 2.45) is 0 Å². The number of nitrogens with zero attached hydrogens (tertiary/aromatic N) is 1. The van der Waals surface area contributed by atoms with Crippen molar-refractivity contribution in [1.82, 2.24) is 4.98 Å². The van der Waals surface area contributed by atoms with Crippen molar-refractivity contribution in [2.45, 2.75) is 34.3 Å². The number of nitrogens with one attached hydrogen (secondary N) is 1. The molecule has 0 saturated heterocycles. The molecule has 0 saturated carbocycles. The average molecular weight is 521 g/mol. The molecule has 0 atom stereocenters. The number of benzene rings is 4. The van der Waals surface area contributed by atoms with Gasteiger partial charge in [-0.3, -0.25) is 4.79 Å². The number of aromatic nitrogens is 1. The van der Waals surface area contributed by atoms with E-state index in [2.05, 4.69) is 11.4 Å². The quantitative estimate of drug-likeness (QED) is 0.244. The molecule has 4 nitrogen and oxygen atoms in total. The number of aryl methyl sites for hydroxylation is 3. The summed E-state index contributed by atoms with van der Waals surface area (Å²) in [7, 11) is 0. The monoisotopic (exact) mass is 520 g/mol. The van der Waals surface area contributed by atoms with Crippen LogP contribution in [0.3, 0.4) is 0 Å². The molecule has 0 aliphatic rings. The van der Waals surface area contributed by atoms with Gasteiger partial charge in [-0.25, -0.2) is 4.98 Å². The number of carbonyl (C=O) groups excluding carboxylic acids is 1. The second-order valence-corrected chi connectivity index (χ2v) is 10.1. The van der Waals surface area contributed by atoms with E-state index < -0.39 is 0 Å². The largest absolute Gasteiger partial charge is 0.489 e. The molecule has 4 aromatic carbocycles. The summed E-state index contributed by atoms with van der Waals surface area (Å²) in [5.74, 6) is 0.589. The summed E-state index contributed by atoms with van der Waals surface area (Å²) in [5.41, 5.74) is 8.78. The van der Waals surface area contributed by atoms with Crippen LogP contribution in [0, 0.1) is 27.7 Å². The molecular weight excluding hydrogens is 492 g/mol. The number of hydrogen-bond acceptors (Lipinski definition) is 3. The first-order chi connectivity index (χ1) is 18.3. The molecule has 1 amide bonds. The van der Waals surface area contributed by atoms with Gasteiger partial charge < -0.3 is 10.1 Å². The highest BCUT2D eigenvalue weighted by atomic mass is 35.5. The third kappa shape index (κ3) is 5.27. The topological polar surface area (TPSA) is 51.2 Å². The zero-order valence-electron chi connectivity index (χ0n) is 21.9. The summed E-state index contributed by atoms with van der Waals surface area (Å²) in [6.07, 6.45) is 0. The fourth-order valence-electron chi connectivity index (χ4n) is 4.75. The first-order valence-electron chi connectivity index (χ1n) is 12.6. The van der Waals surface area contributed by atoms with E-state index in [0.29, 0.717) is 22.9 Å². The van der Waals surface area contributed by atoms with Gasteiger partial charge in [0.1, 0.15) is 12.4 Å². The molecule has 0 fully saturated rings. The lowest BCUT2D eigenvalue weighted by Crippen LogP contribution is -2.16. The maximum absolute atomic E-state index is 13.8. The van der Waals surface area contributed by atoms with Crippen molar-refractivity contribution >= 4 is 34.1 Å². The summed E-state index contributed by atoms with van der Waals surface area (Å²) in [6.45, 7) is 8.47. The van der Waals surface area contributed by atoms with Gasteiger partial charge in [-0.2, -0.15) is 0 Å². The van der Waals surface area contributed by atoms with Gasteiger partial charge in [0.25, 0.3) is 5.91 Å². The Hall–Kier alpha value is -4.15. The summed E-state index contributed by atoms with van der Waals surface area (Å²) in [6, 6.07) is 27.6. The lowest BCUT2D eigenvalue weighted by molar-refractivity contribution is 0.102. The van der Waals surface area contributed by atoms with Crippen LogP contribution in [-0.2, 0) is 6.61 Å². The van der Waals surface area contributed by atoms with Crippen LogP contribution in [-0.4, -0.2) is 10.9 Å². The average Bonchev–Trinajstić information content (AvgIpc) is 2.90. The predicted octanol–water partition coefficient (Wildman–Crippen LogP) is 8.62. The Balaban J connectivity index is 1.55. The zero-order valence-corrected chi connectivity index (χ0v) is 22.7. The Labute approximate surface area is 228 Å². The molecule has 1 aromatic heterocycles. The van der Waals surface area contributed by atoms with E-state index in [0.717, 1.165) is 55.7 Å². The summed E-state index contributed by atoms with van der Waals surface area (Å²) in [4.78, 5) is 18.8. The Morgan fingerprint density at radius 1 is 0.868 bits per heavy atom. The lowest BCUT2D eigenvalue weighted by Gasteiger charge is -2.17. The first kappa shape index (κ1) is 25.5. The maximum Gasteiger partial charge on any atom is 0.256 e. The number of anilines is 1. The number of amides is 1. The molecule has 1 N–H and O–H groups in total. The summed E-state index contributed by atoms with van der Waals surface area (Å²) in [5, 5.41) is 4.50. The highest BCUT2D eigenvalue weighted by molar-refractivity contribution is 6.31. The van der Waals surface area contributed by atoms with Crippen LogP contribution < -0.4 is 10.1 Å². The van der Waals surface area contributed by atoms with Crippen LogP contribution in [0.1, 0.15) is 38.2 Å². The van der Waals surface area contributed by atoms with Gasteiger partial charge in [-0.1, -0.05) is 59.6 Å². The van der Waals surface area contributed by atoms with Gasteiger partial charge in [-0.05, 0) is 92.4 Å². The minimum absolute atomic E-state index is 0.186. The van der Waals surface area contributed by atoms with Gasteiger partial charge in [0.15, 0.2) is 0 Å². The molecule has 0 radical (unpaired) electrons. The van der Waals surface area contributed by atoms with Crippen LogP contribution in [0.4, 0.5) is 5.69 Å². The second-order valence-electron chi connectivity index (χ2n) is 9.65. The van der Waals surface area contributed by atoms with Crippen LogP contribution >= 0.6 is 11.6 Å². The minimum Gasteiger partial charge on any atom is -0.489 e. The van der Waals surface area contributed by atoms with Crippen LogP contribution in [0.2, 0.25) is 5.02 Å². The van der Waals surface area contributed by atoms with Gasteiger partial charge in [0.2, 0.25) is 0 Å². The number of hydrogen-bond donors (Lipinski definition) is 1. The number of fused-ring (bicyclic) bond motifs is 1. The molecule has 1 heterocycles. The van der Waals surface area contributed by atoms with Crippen molar-refractivity contribution in [3.63, 3.8) is 0 Å². The Bertz CT molecular complexity index is 1640. The minimum atomic E-state index is -0.186.